The molecule has 2 heterocycles. The molecule has 3 rings (SSSR count). The molecule has 2 aliphatic heterocycles. The second kappa shape index (κ2) is 7.56. The van der Waals surface area contributed by atoms with E-state index < -0.39 is 36.0 Å². The number of thioether (sulfide) groups is 1. The Kier molecular flexibility index (Phi) is 5.62. The van der Waals surface area contributed by atoms with E-state index in [1.165, 1.54) is 26.0 Å². The standard InChI is InChI=1S/C16H22O8S/c1-21-8-3-7(4-9(22-2)12(8)18)11-6-25-16-15(23-11)14(20)13(19)10(5-17)24-16/h3-4,10-11,13-20H,5-6H2,1-2H3/t10-,11-,13-,14+,15-,16+/m1/s1. The molecule has 2 saturated heterocycles. The van der Waals surface area contributed by atoms with E-state index in [0.29, 0.717) is 11.3 Å². The van der Waals surface area contributed by atoms with E-state index in [9.17, 15) is 20.4 Å². The van der Waals surface area contributed by atoms with Gasteiger partial charge in [0.2, 0.25) is 5.75 Å². The van der Waals surface area contributed by atoms with Crippen LogP contribution in [0.25, 0.3) is 0 Å². The number of hydrogen-bond acceptors (Lipinski definition) is 9. The molecular formula is C16H22O8S. The molecule has 0 radical (unpaired) electrons. The van der Waals surface area contributed by atoms with E-state index in [0.717, 1.165) is 0 Å². The summed E-state index contributed by atoms with van der Waals surface area (Å²) >= 11 is 1.43. The summed E-state index contributed by atoms with van der Waals surface area (Å²) in [6, 6.07) is 3.29. The predicted molar refractivity (Wildman–Crippen MR) is 89.0 cm³/mol. The lowest BCUT2D eigenvalue weighted by atomic mass is 9.99. The molecule has 1 aromatic rings. The molecule has 0 aromatic heterocycles. The van der Waals surface area contributed by atoms with Crippen molar-refractivity contribution in [1.29, 1.82) is 0 Å². The molecule has 25 heavy (non-hydrogen) atoms. The first-order valence-corrected chi connectivity index (χ1v) is 8.89. The molecule has 2 fully saturated rings. The van der Waals surface area contributed by atoms with E-state index in [1.54, 1.807) is 12.1 Å². The van der Waals surface area contributed by atoms with Crippen LogP contribution in [-0.2, 0) is 9.47 Å². The molecule has 0 unspecified atom stereocenters. The van der Waals surface area contributed by atoms with Crippen molar-refractivity contribution in [2.45, 2.75) is 36.0 Å². The van der Waals surface area contributed by atoms with E-state index in [4.69, 9.17) is 18.9 Å². The summed E-state index contributed by atoms with van der Waals surface area (Å²) in [5.74, 6) is 0.938. The van der Waals surface area contributed by atoms with Gasteiger partial charge >= 0.3 is 0 Å². The van der Waals surface area contributed by atoms with E-state index >= 15 is 0 Å². The highest BCUT2D eigenvalue weighted by Crippen LogP contribution is 2.44. The first-order chi connectivity index (χ1) is 12.0. The molecule has 140 valence electrons. The Morgan fingerprint density at radius 3 is 2.32 bits per heavy atom. The molecule has 4 N–H and O–H groups in total. The lowest BCUT2D eigenvalue weighted by molar-refractivity contribution is -0.232. The number of phenols is 1. The molecule has 1 aromatic carbocycles. The van der Waals surface area contributed by atoms with Gasteiger partial charge in [0.25, 0.3) is 0 Å². The van der Waals surface area contributed by atoms with Crippen LogP contribution in [0.4, 0.5) is 0 Å². The molecule has 9 heteroatoms. The summed E-state index contributed by atoms with van der Waals surface area (Å²) in [4.78, 5) is 0. The lowest BCUT2D eigenvalue weighted by Gasteiger charge is -2.46. The van der Waals surface area contributed by atoms with E-state index in [1.807, 2.05) is 0 Å². The summed E-state index contributed by atoms with van der Waals surface area (Å²) in [5.41, 5.74) is 0.233. The first kappa shape index (κ1) is 18.6. The number of ether oxygens (including phenoxy) is 4. The minimum Gasteiger partial charge on any atom is -0.502 e. The maximum absolute atomic E-state index is 10.3. The third-order valence-electron chi connectivity index (χ3n) is 4.43. The molecule has 2 aliphatic rings. The third-order valence-corrected chi connectivity index (χ3v) is 5.63. The smallest absolute Gasteiger partial charge is 0.200 e. The zero-order valence-corrected chi connectivity index (χ0v) is 14.7. The first-order valence-electron chi connectivity index (χ1n) is 7.84. The van der Waals surface area contributed by atoms with Gasteiger partial charge in [-0.25, -0.2) is 0 Å². The quantitative estimate of drug-likeness (QED) is 0.578. The van der Waals surface area contributed by atoms with Crippen LogP contribution in [0.1, 0.15) is 11.7 Å². The van der Waals surface area contributed by atoms with Crippen molar-refractivity contribution in [3.8, 4) is 17.2 Å². The summed E-state index contributed by atoms with van der Waals surface area (Å²) in [7, 11) is 2.88. The summed E-state index contributed by atoms with van der Waals surface area (Å²) in [6.07, 6.45) is -4.39. The van der Waals surface area contributed by atoms with Gasteiger partial charge in [-0.3, -0.25) is 0 Å². The summed E-state index contributed by atoms with van der Waals surface area (Å²) in [6.45, 7) is -0.377. The fraction of sp³-hybridized carbons (Fsp3) is 0.625. The Hall–Kier alpha value is -1.23. The number of aliphatic hydroxyl groups is 3. The number of benzene rings is 1. The largest absolute Gasteiger partial charge is 0.502 e. The van der Waals surface area contributed by atoms with Crippen molar-refractivity contribution in [3.05, 3.63) is 17.7 Å². The van der Waals surface area contributed by atoms with Crippen LogP contribution >= 0.6 is 11.8 Å². The minimum absolute atomic E-state index is 0.0997. The highest BCUT2D eigenvalue weighted by molar-refractivity contribution is 7.99. The second-order valence-corrected chi connectivity index (χ2v) is 7.03. The zero-order chi connectivity index (χ0) is 18.1. The topological polar surface area (TPSA) is 118 Å². The van der Waals surface area contributed by atoms with Crippen molar-refractivity contribution < 1.29 is 39.4 Å². The number of hydrogen-bond donors (Lipinski definition) is 4. The van der Waals surface area contributed by atoms with E-state index in [-0.39, 0.29) is 23.9 Å². The maximum atomic E-state index is 10.3. The molecule has 0 amide bonds. The number of fused-ring (bicyclic) bond motifs is 1. The van der Waals surface area contributed by atoms with Crippen LogP contribution in [0, 0.1) is 0 Å². The molecule has 0 spiro atoms. The van der Waals surface area contributed by atoms with Crippen molar-refractivity contribution in [3.63, 3.8) is 0 Å². The third kappa shape index (κ3) is 3.40. The molecule has 0 saturated carbocycles. The Labute approximate surface area is 149 Å². The fourth-order valence-electron chi connectivity index (χ4n) is 3.02. The maximum Gasteiger partial charge on any atom is 0.200 e. The summed E-state index contributed by atoms with van der Waals surface area (Å²) < 4.78 is 21.9. The molecule has 8 nitrogen and oxygen atoms in total. The van der Waals surface area contributed by atoms with Gasteiger partial charge in [0, 0.05) is 5.75 Å². The Morgan fingerprint density at radius 2 is 1.76 bits per heavy atom. The van der Waals surface area contributed by atoms with Gasteiger partial charge in [0.15, 0.2) is 11.5 Å². The van der Waals surface area contributed by atoms with Crippen molar-refractivity contribution >= 4 is 11.8 Å². The normalized spacial score (nSPS) is 35.1. The number of aromatic hydroxyl groups is 1. The Balaban J connectivity index is 1.83. The fourth-order valence-corrected chi connectivity index (χ4v) is 4.29. The molecular weight excluding hydrogens is 352 g/mol. The van der Waals surface area contributed by atoms with Crippen LogP contribution in [0.2, 0.25) is 0 Å². The molecule has 6 atom stereocenters. The lowest BCUT2D eigenvalue weighted by Crippen LogP contribution is -2.60. The van der Waals surface area contributed by atoms with Gasteiger partial charge in [-0.1, -0.05) is 0 Å². The summed E-state index contributed by atoms with van der Waals surface area (Å²) in [5, 5.41) is 39.6. The number of aliphatic hydroxyl groups excluding tert-OH is 3. The van der Waals surface area contributed by atoms with Gasteiger partial charge in [-0.05, 0) is 17.7 Å². The van der Waals surface area contributed by atoms with Crippen molar-refractivity contribution in [2.75, 3.05) is 26.6 Å². The molecule has 0 bridgehead atoms. The molecule has 0 aliphatic carbocycles. The van der Waals surface area contributed by atoms with Crippen LogP contribution in [0.3, 0.4) is 0 Å². The minimum atomic E-state index is -1.23. The average Bonchev–Trinajstić information content (AvgIpc) is 2.64. The average molecular weight is 374 g/mol. The number of rotatable bonds is 4. The van der Waals surface area contributed by atoms with Gasteiger partial charge in [-0.15, -0.1) is 11.8 Å². The van der Waals surface area contributed by atoms with Crippen LogP contribution in [0.5, 0.6) is 17.2 Å². The van der Waals surface area contributed by atoms with Crippen molar-refractivity contribution in [1.82, 2.24) is 0 Å². The number of phenolic OH excluding ortho intramolecular Hbond substituents is 1. The van der Waals surface area contributed by atoms with E-state index in [2.05, 4.69) is 0 Å². The van der Waals surface area contributed by atoms with Gasteiger partial charge in [0.1, 0.15) is 29.9 Å². The Bertz CT molecular complexity index is 585. The SMILES string of the molecule is COc1cc([C@H]2CS[C@@H]3O[C@H](CO)[C@@H](O)[C@H](O)[C@H]3O2)cc(OC)c1O. The predicted octanol–water partition coefficient (Wildman–Crippen LogP) is 0.0215. The number of methoxy groups -OCH3 is 2. The van der Waals surface area contributed by atoms with Gasteiger partial charge in [-0.2, -0.15) is 0 Å². The van der Waals surface area contributed by atoms with Gasteiger partial charge < -0.3 is 39.4 Å². The van der Waals surface area contributed by atoms with Crippen LogP contribution < -0.4 is 9.47 Å². The Morgan fingerprint density at radius 1 is 1.12 bits per heavy atom. The van der Waals surface area contributed by atoms with Crippen LogP contribution in [0.15, 0.2) is 12.1 Å². The van der Waals surface area contributed by atoms with Crippen molar-refractivity contribution in [2.24, 2.45) is 0 Å². The monoisotopic (exact) mass is 374 g/mol. The highest BCUT2D eigenvalue weighted by atomic mass is 32.2. The van der Waals surface area contributed by atoms with Gasteiger partial charge in [0.05, 0.1) is 26.9 Å². The zero-order valence-electron chi connectivity index (χ0n) is 13.9. The second-order valence-electron chi connectivity index (χ2n) is 5.90. The van der Waals surface area contributed by atoms with Crippen LogP contribution in [-0.4, -0.2) is 76.9 Å². The highest BCUT2D eigenvalue weighted by Gasteiger charge is 2.48.